The Bertz CT molecular complexity index is 1140. The van der Waals surface area contributed by atoms with Gasteiger partial charge in [-0.05, 0) is 49.1 Å². The first-order chi connectivity index (χ1) is 17.0. The van der Waals surface area contributed by atoms with Gasteiger partial charge in [-0.1, -0.05) is 54.6 Å². The number of ether oxygens (including phenoxy) is 1. The van der Waals surface area contributed by atoms with E-state index >= 15 is 0 Å². The van der Waals surface area contributed by atoms with Crippen LogP contribution in [-0.4, -0.2) is 53.3 Å². The Balaban J connectivity index is 1.53. The first kappa shape index (κ1) is 24.5. The summed E-state index contributed by atoms with van der Waals surface area (Å²) in [6, 6.07) is 23.4. The second kappa shape index (κ2) is 11.2. The Morgan fingerprint density at radius 1 is 1.03 bits per heavy atom. The number of carbonyl (C=O) groups excluding carboxylic acids is 2. The molecule has 0 aliphatic carbocycles. The molecule has 6 nitrogen and oxygen atoms in total. The van der Waals surface area contributed by atoms with Crippen molar-refractivity contribution in [1.82, 2.24) is 14.8 Å². The minimum Gasteiger partial charge on any atom is -0.493 e. The maximum absolute atomic E-state index is 13.4. The van der Waals surface area contributed by atoms with Crippen molar-refractivity contribution in [2.45, 2.75) is 32.7 Å². The van der Waals surface area contributed by atoms with Gasteiger partial charge in [0.05, 0.1) is 6.61 Å². The lowest BCUT2D eigenvalue weighted by Crippen LogP contribution is -2.51. The molecular weight excluding hydrogens is 438 g/mol. The molecule has 0 bridgehead atoms. The van der Waals surface area contributed by atoms with Crippen molar-refractivity contribution < 1.29 is 14.3 Å². The molecule has 1 aliphatic rings. The van der Waals surface area contributed by atoms with Crippen LogP contribution in [0, 0.1) is 12.3 Å². The number of benzene rings is 2. The number of para-hydroxylation sites is 1. The van der Waals surface area contributed by atoms with Gasteiger partial charge in [0.15, 0.2) is 0 Å². The fourth-order valence-electron chi connectivity index (χ4n) is 4.71. The average molecular weight is 472 g/mol. The van der Waals surface area contributed by atoms with Gasteiger partial charge < -0.3 is 14.5 Å². The number of nitrogens with zero attached hydrogens (tertiary/aromatic N) is 3. The van der Waals surface area contributed by atoms with Crippen molar-refractivity contribution in [2.24, 2.45) is 5.41 Å². The van der Waals surface area contributed by atoms with Crippen molar-refractivity contribution in [3.8, 4) is 5.75 Å². The van der Waals surface area contributed by atoms with E-state index in [1.54, 1.807) is 11.1 Å². The lowest BCUT2D eigenvalue weighted by Gasteiger charge is -2.42. The van der Waals surface area contributed by atoms with E-state index in [1.807, 2.05) is 91.7 Å². The van der Waals surface area contributed by atoms with Crippen molar-refractivity contribution >= 4 is 11.8 Å². The normalized spacial score (nSPS) is 17.6. The van der Waals surface area contributed by atoms with E-state index < -0.39 is 5.41 Å². The molecule has 182 valence electrons. The van der Waals surface area contributed by atoms with E-state index in [-0.39, 0.29) is 11.8 Å². The molecule has 4 rings (SSSR count). The highest BCUT2D eigenvalue weighted by Crippen LogP contribution is 2.36. The number of aryl methyl sites for hydroxylation is 1. The molecule has 0 spiro atoms. The van der Waals surface area contributed by atoms with Crippen LogP contribution in [0.5, 0.6) is 5.75 Å². The minimum absolute atomic E-state index is 0.0498. The van der Waals surface area contributed by atoms with Crippen LogP contribution in [0.25, 0.3) is 0 Å². The number of pyridine rings is 1. The van der Waals surface area contributed by atoms with Crippen molar-refractivity contribution in [3.05, 3.63) is 95.8 Å². The minimum atomic E-state index is -0.478. The SMILES string of the molecule is Cc1cccnc1C(=O)N1CCC[C@](COc2ccccc2)(CC(=O)N(C)Cc2ccccc2)C1. The molecule has 1 aliphatic heterocycles. The van der Waals surface area contributed by atoms with Gasteiger partial charge >= 0.3 is 0 Å². The molecule has 2 heterocycles. The summed E-state index contributed by atoms with van der Waals surface area (Å²) in [5.41, 5.74) is 1.94. The summed E-state index contributed by atoms with van der Waals surface area (Å²) >= 11 is 0. The standard InChI is InChI=1S/C29H33N3O3/c1-23-11-9-17-30-27(23)28(34)32-18-10-16-29(21-32,22-35-25-14-7-4-8-15-25)19-26(33)31(2)20-24-12-5-3-6-13-24/h3-9,11-15,17H,10,16,18-22H2,1-2H3/t29-/m0/s1. The Morgan fingerprint density at radius 2 is 1.74 bits per heavy atom. The fraction of sp³-hybridized carbons (Fsp3) is 0.345. The van der Waals surface area contributed by atoms with Gasteiger partial charge in [0.1, 0.15) is 11.4 Å². The van der Waals surface area contributed by atoms with Gasteiger partial charge in [-0.25, -0.2) is 0 Å². The molecule has 2 amide bonds. The maximum Gasteiger partial charge on any atom is 0.272 e. The van der Waals surface area contributed by atoms with Crippen LogP contribution in [0.3, 0.4) is 0 Å². The molecule has 3 aromatic rings. The highest BCUT2D eigenvalue weighted by Gasteiger charge is 2.41. The third-order valence-corrected chi connectivity index (χ3v) is 6.66. The van der Waals surface area contributed by atoms with Crippen LogP contribution in [0.15, 0.2) is 79.0 Å². The van der Waals surface area contributed by atoms with E-state index in [9.17, 15) is 9.59 Å². The summed E-state index contributed by atoms with van der Waals surface area (Å²) in [4.78, 5) is 34.7. The van der Waals surface area contributed by atoms with Gasteiger partial charge in [-0.3, -0.25) is 14.6 Å². The van der Waals surface area contributed by atoms with E-state index in [2.05, 4.69) is 4.98 Å². The molecular formula is C29H33N3O3. The van der Waals surface area contributed by atoms with Gasteiger partial charge in [0, 0.05) is 44.7 Å². The number of carbonyl (C=O) groups is 2. The predicted octanol–water partition coefficient (Wildman–Crippen LogP) is 4.74. The molecule has 0 saturated carbocycles. The van der Waals surface area contributed by atoms with Crippen molar-refractivity contribution in [1.29, 1.82) is 0 Å². The fourth-order valence-corrected chi connectivity index (χ4v) is 4.71. The quantitative estimate of drug-likeness (QED) is 0.476. The molecule has 1 aromatic heterocycles. The Hall–Kier alpha value is -3.67. The Morgan fingerprint density at radius 3 is 2.46 bits per heavy atom. The average Bonchev–Trinajstić information content (AvgIpc) is 2.89. The second-order valence-electron chi connectivity index (χ2n) is 9.51. The molecule has 2 aromatic carbocycles. The molecule has 0 N–H and O–H groups in total. The maximum atomic E-state index is 13.4. The van der Waals surface area contributed by atoms with Gasteiger partial charge in [-0.15, -0.1) is 0 Å². The van der Waals surface area contributed by atoms with Gasteiger partial charge in [0.2, 0.25) is 5.91 Å². The van der Waals surface area contributed by atoms with Crippen LogP contribution < -0.4 is 4.74 Å². The zero-order valence-corrected chi connectivity index (χ0v) is 20.5. The number of likely N-dealkylation sites (tertiary alicyclic amines) is 1. The molecule has 1 atom stereocenters. The Labute approximate surface area is 207 Å². The van der Waals surface area contributed by atoms with Crippen molar-refractivity contribution in [3.63, 3.8) is 0 Å². The van der Waals surface area contributed by atoms with Gasteiger partial charge in [0.25, 0.3) is 5.91 Å². The number of amides is 2. The van der Waals surface area contributed by atoms with Gasteiger partial charge in [-0.2, -0.15) is 0 Å². The summed E-state index contributed by atoms with van der Waals surface area (Å²) in [6.45, 7) is 3.92. The first-order valence-corrected chi connectivity index (χ1v) is 12.1. The zero-order valence-electron chi connectivity index (χ0n) is 20.5. The molecule has 1 saturated heterocycles. The summed E-state index contributed by atoms with van der Waals surface area (Å²) < 4.78 is 6.18. The summed E-state index contributed by atoms with van der Waals surface area (Å²) in [5, 5.41) is 0. The number of rotatable bonds is 8. The zero-order chi connectivity index (χ0) is 24.7. The molecule has 0 radical (unpaired) electrons. The molecule has 6 heteroatoms. The molecule has 35 heavy (non-hydrogen) atoms. The lowest BCUT2D eigenvalue weighted by molar-refractivity contribution is -0.134. The van der Waals surface area contributed by atoms with Crippen LogP contribution in [0.2, 0.25) is 0 Å². The van der Waals surface area contributed by atoms with Crippen LogP contribution in [0.4, 0.5) is 0 Å². The van der Waals surface area contributed by atoms with E-state index in [0.29, 0.717) is 38.4 Å². The number of hydrogen-bond acceptors (Lipinski definition) is 4. The largest absolute Gasteiger partial charge is 0.493 e. The van der Waals surface area contributed by atoms with Crippen LogP contribution in [0.1, 0.15) is 40.9 Å². The van der Waals surface area contributed by atoms with Crippen molar-refractivity contribution in [2.75, 3.05) is 26.7 Å². The van der Waals surface area contributed by atoms with Crippen LogP contribution in [-0.2, 0) is 11.3 Å². The number of piperidine rings is 1. The highest BCUT2D eigenvalue weighted by molar-refractivity contribution is 5.93. The summed E-state index contributed by atoms with van der Waals surface area (Å²) in [6.07, 6.45) is 3.59. The summed E-state index contributed by atoms with van der Waals surface area (Å²) in [5.74, 6) is 0.729. The van der Waals surface area contributed by atoms with E-state index in [0.717, 1.165) is 29.7 Å². The predicted molar refractivity (Wildman–Crippen MR) is 136 cm³/mol. The lowest BCUT2D eigenvalue weighted by atomic mass is 9.77. The third-order valence-electron chi connectivity index (χ3n) is 6.66. The molecule has 1 fully saturated rings. The smallest absolute Gasteiger partial charge is 0.272 e. The first-order valence-electron chi connectivity index (χ1n) is 12.1. The van der Waals surface area contributed by atoms with E-state index in [1.165, 1.54) is 0 Å². The topological polar surface area (TPSA) is 62.7 Å². The van der Waals surface area contributed by atoms with Crippen LogP contribution >= 0.6 is 0 Å². The van der Waals surface area contributed by atoms with E-state index in [4.69, 9.17) is 4.74 Å². The number of hydrogen-bond donors (Lipinski definition) is 0. The third kappa shape index (κ3) is 6.27. The molecule has 0 unspecified atom stereocenters. The summed E-state index contributed by atoms with van der Waals surface area (Å²) in [7, 11) is 1.84. The second-order valence-corrected chi connectivity index (χ2v) is 9.51. The number of aromatic nitrogens is 1. The monoisotopic (exact) mass is 471 g/mol. The highest BCUT2D eigenvalue weighted by atomic mass is 16.5. The Kier molecular flexibility index (Phi) is 7.80.